The standard InChI is InChI=1S/C16H20N4O/c1-3-12(2)20-16-18-10-14(11-19-16)15(21)17-9-13-7-5-4-6-8-13/h4-8,10-12H,3,9H2,1-2H3,(H,17,21)(H,18,19,20). The molecule has 0 aliphatic rings. The van der Waals surface area contributed by atoms with Crippen molar-refractivity contribution in [2.75, 3.05) is 5.32 Å². The van der Waals surface area contributed by atoms with Gasteiger partial charge in [-0.3, -0.25) is 4.79 Å². The zero-order valence-corrected chi connectivity index (χ0v) is 12.3. The van der Waals surface area contributed by atoms with Crippen LogP contribution in [-0.2, 0) is 6.54 Å². The summed E-state index contributed by atoms with van der Waals surface area (Å²) in [6.45, 7) is 4.64. The first-order chi connectivity index (χ1) is 10.2. The summed E-state index contributed by atoms with van der Waals surface area (Å²) in [5.74, 6) is 0.373. The normalized spacial score (nSPS) is 11.7. The topological polar surface area (TPSA) is 66.9 Å². The molecular formula is C16H20N4O. The molecule has 1 amide bonds. The summed E-state index contributed by atoms with van der Waals surface area (Å²) in [5.41, 5.74) is 1.52. The van der Waals surface area contributed by atoms with Gasteiger partial charge in [-0.2, -0.15) is 0 Å². The highest BCUT2D eigenvalue weighted by molar-refractivity contribution is 5.93. The molecule has 1 aromatic carbocycles. The first kappa shape index (κ1) is 15.0. The van der Waals surface area contributed by atoms with Gasteiger partial charge in [0.15, 0.2) is 0 Å². The van der Waals surface area contributed by atoms with Crippen molar-refractivity contribution in [1.82, 2.24) is 15.3 Å². The Balaban J connectivity index is 1.90. The van der Waals surface area contributed by atoms with Crippen LogP contribution >= 0.6 is 0 Å². The molecule has 0 saturated heterocycles. The lowest BCUT2D eigenvalue weighted by Crippen LogP contribution is -2.23. The number of nitrogens with one attached hydrogen (secondary N) is 2. The summed E-state index contributed by atoms with van der Waals surface area (Å²) in [6, 6.07) is 10.1. The zero-order valence-electron chi connectivity index (χ0n) is 12.3. The smallest absolute Gasteiger partial charge is 0.254 e. The van der Waals surface area contributed by atoms with Crippen molar-refractivity contribution in [1.29, 1.82) is 0 Å². The van der Waals surface area contributed by atoms with E-state index in [4.69, 9.17) is 0 Å². The van der Waals surface area contributed by atoms with E-state index >= 15 is 0 Å². The summed E-state index contributed by atoms with van der Waals surface area (Å²) in [6.07, 6.45) is 4.07. The molecule has 1 unspecified atom stereocenters. The summed E-state index contributed by atoms with van der Waals surface area (Å²) < 4.78 is 0. The molecule has 110 valence electrons. The van der Waals surface area contributed by atoms with E-state index < -0.39 is 0 Å². The minimum absolute atomic E-state index is 0.172. The van der Waals surface area contributed by atoms with Crippen LogP contribution in [0.4, 0.5) is 5.95 Å². The van der Waals surface area contributed by atoms with Crippen LogP contribution < -0.4 is 10.6 Å². The lowest BCUT2D eigenvalue weighted by molar-refractivity contribution is 0.0950. The van der Waals surface area contributed by atoms with Crippen molar-refractivity contribution >= 4 is 11.9 Å². The van der Waals surface area contributed by atoms with Gasteiger partial charge in [-0.1, -0.05) is 37.3 Å². The Hall–Kier alpha value is -2.43. The van der Waals surface area contributed by atoms with E-state index in [0.717, 1.165) is 12.0 Å². The number of aromatic nitrogens is 2. The third kappa shape index (κ3) is 4.56. The number of anilines is 1. The number of rotatable bonds is 6. The lowest BCUT2D eigenvalue weighted by atomic mass is 10.2. The van der Waals surface area contributed by atoms with Crippen LogP contribution in [0.25, 0.3) is 0 Å². The second-order valence-electron chi connectivity index (χ2n) is 4.92. The minimum atomic E-state index is -0.172. The molecule has 1 aromatic heterocycles. The molecule has 21 heavy (non-hydrogen) atoms. The fourth-order valence-electron chi connectivity index (χ4n) is 1.72. The van der Waals surface area contributed by atoms with E-state index in [1.54, 1.807) is 0 Å². The summed E-state index contributed by atoms with van der Waals surface area (Å²) >= 11 is 0. The van der Waals surface area contributed by atoms with Gasteiger partial charge in [0.05, 0.1) is 5.56 Å². The maximum absolute atomic E-state index is 12.0. The van der Waals surface area contributed by atoms with E-state index in [0.29, 0.717) is 24.1 Å². The van der Waals surface area contributed by atoms with Gasteiger partial charge in [0.1, 0.15) is 0 Å². The molecule has 2 aromatic rings. The molecule has 1 heterocycles. The monoisotopic (exact) mass is 284 g/mol. The first-order valence-corrected chi connectivity index (χ1v) is 7.09. The number of carbonyl (C=O) groups is 1. The van der Waals surface area contributed by atoms with Crippen LogP contribution in [-0.4, -0.2) is 21.9 Å². The predicted octanol–water partition coefficient (Wildman–Crippen LogP) is 2.62. The molecule has 0 saturated carbocycles. The van der Waals surface area contributed by atoms with Gasteiger partial charge in [0.25, 0.3) is 5.91 Å². The van der Waals surface area contributed by atoms with Gasteiger partial charge in [-0.15, -0.1) is 0 Å². The van der Waals surface area contributed by atoms with Gasteiger partial charge in [-0.25, -0.2) is 9.97 Å². The van der Waals surface area contributed by atoms with Gasteiger partial charge in [0, 0.05) is 25.0 Å². The van der Waals surface area contributed by atoms with Crippen LogP contribution in [0.5, 0.6) is 0 Å². The maximum Gasteiger partial charge on any atom is 0.254 e. The molecular weight excluding hydrogens is 264 g/mol. The van der Waals surface area contributed by atoms with Crippen molar-refractivity contribution in [3.8, 4) is 0 Å². The molecule has 0 aliphatic carbocycles. The van der Waals surface area contributed by atoms with Gasteiger partial charge in [0.2, 0.25) is 5.95 Å². The molecule has 0 aliphatic heterocycles. The largest absolute Gasteiger partial charge is 0.352 e. The van der Waals surface area contributed by atoms with Gasteiger partial charge >= 0.3 is 0 Å². The highest BCUT2D eigenvalue weighted by Gasteiger charge is 2.07. The van der Waals surface area contributed by atoms with Crippen molar-refractivity contribution in [2.24, 2.45) is 0 Å². The molecule has 0 radical (unpaired) electrons. The highest BCUT2D eigenvalue weighted by Crippen LogP contribution is 2.04. The van der Waals surface area contributed by atoms with Crippen LogP contribution in [0.2, 0.25) is 0 Å². The number of benzene rings is 1. The number of amides is 1. The third-order valence-corrected chi connectivity index (χ3v) is 3.20. The summed E-state index contributed by atoms with van der Waals surface area (Å²) in [5, 5.41) is 6.01. The Kier molecular flexibility index (Phi) is 5.26. The Morgan fingerprint density at radius 3 is 2.48 bits per heavy atom. The SMILES string of the molecule is CCC(C)Nc1ncc(C(=O)NCc2ccccc2)cn1. The van der Waals surface area contributed by atoms with Gasteiger partial charge < -0.3 is 10.6 Å². The van der Waals surface area contributed by atoms with E-state index in [1.807, 2.05) is 30.3 Å². The molecule has 1 atom stereocenters. The van der Waals surface area contributed by atoms with E-state index in [1.165, 1.54) is 12.4 Å². The number of hydrogen-bond acceptors (Lipinski definition) is 4. The fraction of sp³-hybridized carbons (Fsp3) is 0.312. The predicted molar refractivity (Wildman–Crippen MR) is 83.0 cm³/mol. The second-order valence-corrected chi connectivity index (χ2v) is 4.92. The molecule has 2 rings (SSSR count). The van der Waals surface area contributed by atoms with Crippen LogP contribution in [0, 0.1) is 0 Å². The maximum atomic E-state index is 12.0. The highest BCUT2D eigenvalue weighted by atomic mass is 16.1. The molecule has 5 heteroatoms. The molecule has 2 N–H and O–H groups in total. The minimum Gasteiger partial charge on any atom is -0.352 e. The Morgan fingerprint density at radius 2 is 1.86 bits per heavy atom. The van der Waals surface area contributed by atoms with Crippen molar-refractivity contribution in [2.45, 2.75) is 32.9 Å². The quantitative estimate of drug-likeness (QED) is 0.855. The Morgan fingerprint density at radius 1 is 1.19 bits per heavy atom. The third-order valence-electron chi connectivity index (χ3n) is 3.20. The van der Waals surface area contributed by atoms with Crippen molar-refractivity contribution in [3.63, 3.8) is 0 Å². The second kappa shape index (κ2) is 7.38. The van der Waals surface area contributed by atoms with Crippen molar-refractivity contribution < 1.29 is 4.79 Å². The van der Waals surface area contributed by atoms with Crippen LogP contribution in [0.1, 0.15) is 36.2 Å². The van der Waals surface area contributed by atoms with Gasteiger partial charge in [-0.05, 0) is 18.9 Å². The number of hydrogen-bond donors (Lipinski definition) is 2. The van der Waals surface area contributed by atoms with E-state index in [9.17, 15) is 4.79 Å². The van der Waals surface area contributed by atoms with E-state index in [-0.39, 0.29) is 5.91 Å². The Labute approximate surface area is 124 Å². The Bertz CT molecular complexity index is 569. The van der Waals surface area contributed by atoms with Crippen LogP contribution in [0.15, 0.2) is 42.7 Å². The van der Waals surface area contributed by atoms with Crippen LogP contribution in [0.3, 0.4) is 0 Å². The van der Waals surface area contributed by atoms with Crippen molar-refractivity contribution in [3.05, 3.63) is 53.9 Å². The average molecular weight is 284 g/mol. The zero-order chi connectivity index (χ0) is 15.1. The summed E-state index contributed by atoms with van der Waals surface area (Å²) in [7, 11) is 0. The molecule has 5 nitrogen and oxygen atoms in total. The fourth-order valence-corrected chi connectivity index (χ4v) is 1.72. The first-order valence-electron chi connectivity index (χ1n) is 7.09. The summed E-state index contributed by atoms with van der Waals surface area (Å²) in [4.78, 5) is 20.3. The molecule has 0 spiro atoms. The lowest BCUT2D eigenvalue weighted by Gasteiger charge is -2.11. The molecule has 0 fully saturated rings. The molecule has 0 bridgehead atoms. The number of nitrogens with zero attached hydrogens (tertiary/aromatic N) is 2. The van der Waals surface area contributed by atoms with E-state index in [2.05, 4.69) is 34.4 Å². The average Bonchev–Trinajstić information content (AvgIpc) is 2.54. The number of carbonyl (C=O) groups excluding carboxylic acids is 1.